The molecule has 0 spiro atoms. The van der Waals surface area contributed by atoms with Crippen molar-refractivity contribution in [3.8, 4) is 17.2 Å². The number of hydrogen-bond acceptors (Lipinski definition) is 4. The third kappa shape index (κ3) is 6.53. The van der Waals surface area contributed by atoms with Gasteiger partial charge in [-0.1, -0.05) is 99.0 Å². The van der Waals surface area contributed by atoms with Gasteiger partial charge in [-0.25, -0.2) is 0 Å². The summed E-state index contributed by atoms with van der Waals surface area (Å²) in [5, 5.41) is 0. The number of benzene rings is 3. The summed E-state index contributed by atoms with van der Waals surface area (Å²) in [5.41, 5.74) is 6.53. The van der Waals surface area contributed by atoms with Crippen molar-refractivity contribution in [1.82, 2.24) is 0 Å². The number of fused-ring (bicyclic) bond motifs is 1. The van der Waals surface area contributed by atoms with Gasteiger partial charge in [-0.15, -0.1) is 0 Å². The summed E-state index contributed by atoms with van der Waals surface area (Å²) in [4.78, 5) is 12.3. The van der Waals surface area contributed by atoms with Gasteiger partial charge in [0.1, 0.15) is 19.0 Å². The molecule has 0 N–H and O–H groups in total. The highest BCUT2D eigenvalue weighted by atomic mass is 16.5. The lowest BCUT2D eigenvalue weighted by molar-refractivity contribution is -0.131. The zero-order chi connectivity index (χ0) is 29.0. The number of ether oxygens (including phenoxy) is 3. The zero-order valence-corrected chi connectivity index (χ0v) is 25.3. The first kappa shape index (κ1) is 29.0. The molecular weight excluding hydrogens is 508 g/mol. The van der Waals surface area contributed by atoms with Crippen LogP contribution < -0.4 is 14.2 Å². The molecule has 41 heavy (non-hydrogen) atoms. The van der Waals surface area contributed by atoms with Crippen molar-refractivity contribution in [2.45, 2.75) is 86.4 Å². The standard InChI is InChI=1S/C37H44O4/c1-26-17-18-35-36(3,4)19-12-20-37(35,5)31(26)21-30-22-33(39-24-28-13-8-6-9-14-28)34(23-32(30)41-27(2)38)40-25-29-15-10-7-11-16-29/h6-11,13-16,22-23,35H,12,17-21,24-25H2,1-5H3/t35-,37+/m0/s1. The molecule has 216 valence electrons. The van der Waals surface area contributed by atoms with Crippen molar-refractivity contribution in [2.75, 3.05) is 0 Å². The van der Waals surface area contributed by atoms with E-state index < -0.39 is 0 Å². The molecule has 5 rings (SSSR count). The van der Waals surface area contributed by atoms with Gasteiger partial charge in [0.15, 0.2) is 11.5 Å². The normalized spacial score (nSPS) is 21.6. The topological polar surface area (TPSA) is 44.8 Å². The second-order valence-corrected chi connectivity index (χ2v) is 12.8. The van der Waals surface area contributed by atoms with Crippen molar-refractivity contribution in [1.29, 1.82) is 0 Å². The van der Waals surface area contributed by atoms with Crippen molar-refractivity contribution < 1.29 is 19.0 Å². The Balaban J connectivity index is 1.53. The number of esters is 1. The summed E-state index contributed by atoms with van der Waals surface area (Å²) in [7, 11) is 0. The van der Waals surface area contributed by atoms with Gasteiger partial charge in [0.05, 0.1) is 0 Å². The maximum atomic E-state index is 12.3. The minimum atomic E-state index is -0.338. The molecule has 0 aliphatic heterocycles. The van der Waals surface area contributed by atoms with Gasteiger partial charge in [0, 0.05) is 18.6 Å². The zero-order valence-electron chi connectivity index (χ0n) is 25.3. The number of carbonyl (C=O) groups is 1. The largest absolute Gasteiger partial charge is 0.485 e. The average Bonchev–Trinajstić information content (AvgIpc) is 2.94. The fourth-order valence-corrected chi connectivity index (χ4v) is 7.40. The third-order valence-corrected chi connectivity index (χ3v) is 9.46. The summed E-state index contributed by atoms with van der Waals surface area (Å²) in [6.07, 6.45) is 6.82. The lowest BCUT2D eigenvalue weighted by atomic mass is 9.50. The Kier molecular flexibility index (Phi) is 8.58. The third-order valence-electron chi connectivity index (χ3n) is 9.46. The van der Waals surface area contributed by atoms with Gasteiger partial charge >= 0.3 is 5.97 Å². The molecule has 0 unspecified atom stereocenters. The molecule has 0 amide bonds. The van der Waals surface area contributed by atoms with E-state index in [4.69, 9.17) is 14.2 Å². The quantitative estimate of drug-likeness (QED) is 0.151. The van der Waals surface area contributed by atoms with Crippen molar-refractivity contribution in [2.24, 2.45) is 16.7 Å². The molecule has 3 aromatic rings. The van der Waals surface area contributed by atoms with Crippen LogP contribution in [0.5, 0.6) is 17.2 Å². The Morgan fingerprint density at radius 3 is 2.00 bits per heavy atom. The number of allylic oxidation sites excluding steroid dienone is 2. The van der Waals surface area contributed by atoms with Gasteiger partial charge < -0.3 is 14.2 Å². The van der Waals surface area contributed by atoms with E-state index in [-0.39, 0.29) is 11.4 Å². The Hall–Kier alpha value is -3.53. The van der Waals surface area contributed by atoms with Crippen LogP contribution in [0.25, 0.3) is 0 Å². The van der Waals surface area contributed by atoms with Crippen molar-refractivity contribution >= 4 is 5.97 Å². The van der Waals surface area contributed by atoms with Gasteiger partial charge in [-0.2, -0.15) is 0 Å². The van der Waals surface area contributed by atoms with Gasteiger partial charge in [-0.05, 0) is 73.0 Å². The molecule has 0 heterocycles. The van der Waals surface area contributed by atoms with Crippen molar-refractivity contribution in [3.05, 3.63) is 101 Å². The van der Waals surface area contributed by atoms with Crippen LogP contribution >= 0.6 is 0 Å². The van der Waals surface area contributed by atoms with E-state index in [1.807, 2.05) is 60.7 Å². The monoisotopic (exact) mass is 552 g/mol. The SMILES string of the molecule is CC(=O)Oc1cc(OCc2ccccc2)c(OCc2ccccc2)cc1CC1=C(C)CC[C@H]2C(C)(C)CCC[C@]12C. The molecular formula is C37H44O4. The Labute approximate surface area is 245 Å². The first-order valence-electron chi connectivity index (χ1n) is 15.0. The van der Waals surface area contributed by atoms with Crippen LogP contribution in [0.15, 0.2) is 83.9 Å². The van der Waals surface area contributed by atoms with Crippen LogP contribution in [-0.4, -0.2) is 5.97 Å². The Morgan fingerprint density at radius 1 is 0.829 bits per heavy atom. The number of rotatable bonds is 9. The molecule has 0 saturated heterocycles. The molecule has 0 radical (unpaired) electrons. The molecule has 2 aliphatic carbocycles. The predicted octanol–water partition coefficient (Wildman–Crippen LogP) is 9.26. The van der Waals surface area contributed by atoms with Gasteiger partial charge in [0.2, 0.25) is 0 Å². The molecule has 1 saturated carbocycles. The van der Waals surface area contributed by atoms with E-state index in [2.05, 4.69) is 39.8 Å². The van der Waals surface area contributed by atoms with E-state index in [9.17, 15) is 4.79 Å². The first-order valence-corrected chi connectivity index (χ1v) is 15.0. The summed E-state index contributed by atoms with van der Waals surface area (Å²) in [5.74, 6) is 2.09. The second-order valence-electron chi connectivity index (χ2n) is 12.8. The molecule has 2 aliphatic rings. The van der Waals surface area contributed by atoms with Gasteiger partial charge in [0.25, 0.3) is 0 Å². The predicted molar refractivity (Wildman–Crippen MR) is 164 cm³/mol. The van der Waals surface area contributed by atoms with E-state index in [1.54, 1.807) is 0 Å². The minimum Gasteiger partial charge on any atom is -0.485 e. The maximum absolute atomic E-state index is 12.3. The Morgan fingerprint density at radius 2 is 1.41 bits per heavy atom. The van der Waals surface area contributed by atoms with Crippen LogP contribution in [0.2, 0.25) is 0 Å². The molecule has 0 bridgehead atoms. The molecule has 1 fully saturated rings. The van der Waals surface area contributed by atoms with Crippen LogP contribution in [0.1, 0.15) is 83.4 Å². The lowest BCUT2D eigenvalue weighted by Gasteiger charge is -2.55. The van der Waals surface area contributed by atoms with E-state index in [1.165, 1.54) is 43.8 Å². The fraction of sp³-hybridized carbons (Fsp3) is 0.432. The Bertz CT molecular complexity index is 1390. The first-order chi connectivity index (χ1) is 19.7. The highest BCUT2D eigenvalue weighted by molar-refractivity contribution is 5.70. The summed E-state index contributed by atoms with van der Waals surface area (Å²) in [6.45, 7) is 11.9. The molecule has 4 nitrogen and oxygen atoms in total. The molecule has 2 atom stereocenters. The van der Waals surface area contributed by atoms with Crippen LogP contribution in [0.4, 0.5) is 0 Å². The highest BCUT2D eigenvalue weighted by Gasteiger charge is 2.50. The minimum absolute atomic E-state index is 0.130. The molecule has 4 heteroatoms. The molecule has 0 aromatic heterocycles. The summed E-state index contributed by atoms with van der Waals surface area (Å²) in [6, 6.07) is 24.1. The maximum Gasteiger partial charge on any atom is 0.308 e. The van der Waals surface area contributed by atoms with E-state index >= 15 is 0 Å². The fourth-order valence-electron chi connectivity index (χ4n) is 7.40. The summed E-state index contributed by atoms with van der Waals surface area (Å²) < 4.78 is 18.6. The number of hydrogen-bond donors (Lipinski definition) is 0. The van der Waals surface area contributed by atoms with Crippen molar-refractivity contribution in [3.63, 3.8) is 0 Å². The molecule has 3 aromatic carbocycles. The highest BCUT2D eigenvalue weighted by Crippen LogP contribution is 2.60. The van der Waals surface area contributed by atoms with E-state index in [0.717, 1.165) is 29.5 Å². The van der Waals surface area contributed by atoms with E-state index in [0.29, 0.717) is 41.8 Å². The van der Waals surface area contributed by atoms with Crippen LogP contribution in [0.3, 0.4) is 0 Å². The average molecular weight is 553 g/mol. The smallest absolute Gasteiger partial charge is 0.308 e. The summed E-state index contributed by atoms with van der Waals surface area (Å²) >= 11 is 0. The van der Waals surface area contributed by atoms with Gasteiger partial charge in [-0.3, -0.25) is 4.79 Å². The van der Waals surface area contributed by atoms with Crippen LogP contribution in [0, 0.1) is 16.7 Å². The van der Waals surface area contributed by atoms with Crippen LogP contribution in [-0.2, 0) is 24.4 Å². The number of carbonyl (C=O) groups excluding carboxylic acids is 1. The lowest BCUT2D eigenvalue weighted by Crippen LogP contribution is -2.45. The second kappa shape index (κ2) is 12.1.